The number of hydrogen-bond donors (Lipinski definition) is 2. The fourth-order valence-electron chi connectivity index (χ4n) is 6.92. The van der Waals surface area contributed by atoms with Crippen molar-refractivity contribution >= 4 is 29.2 Å². The highest BCUT2D eigenvalue weighted by Crippen LogP contribution is 2.45. The molecule has 0 aliphatic carbocycles. The van der Waals surface area contributed by atoms with Crippen molar-refractivity contribution in [2.45, 2.75) is 38.0 Å². The molecule has 2 aliphatic heterocycles. The molecule has 1 aromatic heterocycles. The van der Waals surface area contributed by atoms with E-state index in [2.05, 4.69) is 17.2 Å². The van der Waals surface area contributed by atoms with Gasteiger partial charge in [-0.1, -0.05) is 35.6 Å². The summed E-state index contributed by atoms with van der Waals surface area (Å²) in [5.41, 5.74) is 6.92. The summed E-state index contributed by atoms with van der Waals surface area (Å²) in [7, 11) is 3.14. The predicted octanol–water partition coefficient (Wildman–Crippen LogP) is 5.69. The molecule has 49 heavy (non-hydrogen) atoms. The van der Waals surface area contributed by atoms with Crippen LogP contribution in [-0.2, 0) is 23.1 Å². The van der Waals surface area contributed by atoms with Crippen LogP contribution in [0.3, 0.4) is 0 Å². The summed E-state index contributed by atoms with van der Waals surface area (Å²) in [6.07, 6.45) is 3.27. The zero-order valence-electron chi connectivity index (χ0n) is 27.2. The van der Waals surface area contributed by atoms with E-state index in [4.69, 9.17) is 22.1 Å². The summed E-state index contributed by atoms with van der Waals surface area (Å²) < 4.78 is 38.5. The lowest BCUT2D eigenvalue weighted by Crippen LogP contribution is -2.51. The average Bonchev–Trinajstić information content (AvgIpc) is 3.38. The topological polar surface area (TPSA) is 103 Å². The van der Waals surface area contributed by atoms with Crippen LogP contribution in [0, 0.1) is 23.5 Å². The molecule has 0 radical (unpaired) electrons. The van der Waals surface area contributed by atoms with E-state index in [9.17, 15) is 14.4 Å². The van der Waals surface area contributed by atoms with Crippen LogP contribution in [0.4, 0.5) is 8.78 Å². The van der Waals surface area contributed by atoms with Gasteiger partial charge < -0.3 is 20.4 Å². The van der Waals surface area contributed by atoms with Gasteiger partial charge >= 0.3 is 5.91 Å². The molecule has 1 fully saturated rings. The minimum absolute atomic E-state index is 0.00537. The number of fused-ring (bicyclic) bond motifs is 3. The summed E-state index contributed by atoms with van der Waals surface area (Å²) in [6, 6.07) is 14.4. The predicted molar refractivity (Wildman–Crippen MR) is 182 cm³/mol. The Morgan fingerprint density at radius 3 is 2.49 bits per heavy atom. The Balaban J connectivity index is 1.40. The number of benzene rings is 3. The Morgan fingerprint density at radius 2 is 1.80 bits per heavy atom. The number of aromatic nitrogens is 1. The average molecular weight is 686 g/mol. The molecule has 2 atom stereocenters. The van der Waals surface area contributed by atoms with Crippen LogP contribution in [-0.4, -0.2) is 59.5 Å². The number of carbonyl (C=O) groups is 3. The number of nitrogens with zero attached hydrogens (tertiary/aromatic N) is 2. The van der Waals surface area contributed by atoms with Crippen LogP contribution in [0.25, 0.3) is 11.1 Å². The minimum Gasteiger partial charge on any atom is -0.369 e. The number of amides is 2. The molecule has 4 aromatic rings. The van der Waals surface area contributed by atoms with Gasteiger partial charge in [0.1, 0.15) is 36.4 Å². The van der Waals surface area contributed by atoms with Gasteiger partial charge in [0.05, 0.1) is 30.8 Å². The number of halogens is 3. The maximum Gasteiger partial charge on any atom is 0.348 e. The van der Waals surface area contributed by atoms with E-state index in [1.165, 1.54) is 10.8 Å². The molecule has 0 saturated carbocycles. The number of ketones is 1. The Hall–Kier alpha value is -4.66. The van der Waals surface area contributed by atoms with Gasteiger partial charge in [-0.2, -0.15) is 0 Å². The fourth-order valence-corrected chi connectivity index (χ4v) is 7.11. The van der Waals surface area contributed by atoms with Crippen molar-refractivity contribution < 1.29 is 32.4 Å². The minimum atomic E-state index is -0.900. The highest BCUT2D eigenvalue weighted by Gasteiger charge is 2.49. The third kappa shape index (κ3) is 6.80. The van der Waals surface area contributed by atoms with E-state index in [0.29, 0.717) is 22.8 Å². The summed E-state index contributed by atoms with van der Waals surface area (Å²) in [6.45, 7) is 1.83. The van der Waals surface area contributed by atoms with Crippen molar-refractivity contribution in [1.82, 2.24) is 9.88 Å². The lowest BCUT2D eigenvalue weighted by Gasteiger charge is -2.38. The molecular weight excluding hydrogens is 650 g/mol. The van der Waals surface area contributed by atoms with Gasteiger partial charge in [0.25, 0.3) is 0 Å². The lowest BCUT2D eigenvalue weighted by atomic mass is 9.93. The van der Waals surface area contributed by atoms with Crippen LogP contribution in [0.2, 0.25) is 5.02 Å². The van der Waals surface area contributed by atoms with Crippen LogP contribution in [0.1, 0.15) is 68.4 Å². The number of primary amides is 1. The molecular formula is C38H36ClF2N4O4+. The Morgan fingerprint density at radius 1 is 1.08 bits per heavy atom. The molecule has 2 aliphatic rings. The van der Waals surface area contributed by atoms with Crippen molar-refractivity contribution in [3.63, 3.8) is 0 Å². The van der Waals surface area contributed by atoms with E-state index in [-0.39, 0.29) is 52.6 Å². The molecule has 3 aromatic carbocycles. The van der Waals surface area contributed by atoms with E-state index < -0.39 is 39.8 Å². The van der Waals surface area contributed by atoms with Gasteiger partial charge in [0.15, 0.2) is 0 Å². The van der Waals surface area contributed by atoms with Crippen LogP contribution in [0.5, 0.6) is 0 Å². The first-order chi connectivity index (χ1) is 23.5. The van der Waals surface area contributed by atoms with Crippen LogP contribution in [0.15, 0.2) is 66.9 Å². The number of rotatable bonds is 8. The van der Waals surface area contributed by atoms with E-state index in [1.807, 2.05) is 0 Å². The zero-order valence-corrected chi connectivity index (χ0v) is 27.9. The summed E-state index contributed by atoms with van der Waals surface area (Å²) in [5, 5.41) is 3.67. The fraction of sp³-hybridized carbons (Fsp3) is 0.289. The molecule has 252 valence electrons. The quantitative estimate of drug-likeness (QED) is 0.141. The second kappa shape index (κ2) is 14.1. The molecule has 11 heteroatoms. The van der Waals surface area contributed by atoms with Gasteiger partial charge in [-0.15, -0.1) is 0 Å². The standard InChI is InChI=1S/C38H35ClF2N4O4/c1-44-21-28-35(36(44)37(47)24-10-8-23(9-11-24)5-4-18-49-27-14-16-43-17-15-27)34-29(30(40)12-13-31(34)41)22-45(2,38(28)48)32(20-33(42)46)25-6-3-7-26(39)19-25/h3,6-13,19,21,27,32,43H,14-18,20,22H2,1-2H3,(H-,42,46)/p+1/t32-,45?/m0/s1. The molecule has 8 nitrogen and oxygen atoms in total. The lowest BCUT2D eigenvalue weighted by molar-refractivity contribution is -0.874. The molecule has 0 spiro atoms. The number of nitrogens with two attached hydrogens (primary N) is 1. The van der Waals surface area contributed by atoms with Crippen molar-refractivity contribution in [2.24, 2.45) is 12.8 Å². The van der Waals surface area contributed by atoms with Crippen molar-refractivity contribution in [2.75, 3.05) is 26.7 Å². The molecule has 3 heterocycles. The number of ether oxygens (including phenoxy) is 1. The van der Waals surface area contributed by atoms with Crippen molar-refractivity contribution in [3.05, 3.63) is 117 Å². The SMILES string of the molecule is Cn1cc2c(c1C(=O)c1ccc(C#CCOC3CCNCC3)cc1)-c1c(F)ccc(F)c1C[N+](C)([C@@H](CC(N)=O)c1cccc(Cl)c1)C2=O. The first-order valence-electron chi connectivity index (χ1n) is 16.0. The molecule has 1 saturated heterocycles. The number of nitrogens with one attached hydrogen (secondary N) is 1. The largest absolute Gasteiger partial charge is 0.369 e. The summed E-state index contributed by atoms with van der Waals surface area (Å²) in [4.78, 5) is 41.3. The molecule has 2 amide bonds. The van der Waals surface area contributed by atoms with E-state index in [1.54, 1.807) is 62.6 Å². The van der Waals surface area contributed by atoms with Gasteiger partial charge in [0, 0.05) is 46.1 Å². The van der Waals surface area contributed by atoms with Crippen molar-refractivity contribution in [1.29, 1.82) is 0 Å². The third-order valence-electron chi connectivity index (χ3n) is 9.41. The number of aryl methyl sites for hydroxylation is 1. The van der Waals surface area contributed by atoms with Gasteiger partial charge in [-0.3, -0.25) is 9.59 Å². The Kier molecular flexibility index (Phi) is 9.82. The molecule has 0 bridgehead atoms. The van der Waals surface area contributed by atoms with Gasteiger partial charge in [-0.05, 0) is 74.5 Å². The van der Waals surface area contributed by atoms with E-state index >= 15 is 8.78 Å². The smallest absolute Gasteiger partial charge is 0.348 e. The number of quaternary nitrogens is 1. The number of hydrogen-bond acceptors (Lipinski definition) is 5. The third-order valence-corrected chi connectivity index (χ3v) is 9.64. The molecule has 3 N–H and O–H groups in total. The highest BCUT2D eigenvalue weighted by molar-refractivity contribution is 6.30. The highest BCUT2D eigenvalue weighted by atomic mass is 35.5. The molecule has 6 rings (SSSR count). The Labute approximate surface area is 288 Å². The number of carbonyl (C=O) groups excluding carboxylic acids is 3. The van der Waals surface area contributed by atoms with Crippen LogP contribution < -0.4 is 11.1 Å². The van der Waals surface area contributed by atoms with Gasteiger partial charge in [-0.25, -0.2) is 18.1 Å². The maximum absolute atomic E-state index is 15.9. The maximum atomic E-state index is 15.9. The monoisotopic (exact) mass is 685 g/mol. The summed E-state index contributed by atoms with van der Waals surface area (Å²) in [5.74, 6) is 2.82. The molecule has 1 unspecified atom stereocenters. The van der Waals surface area contributed by atoms with Crippen LogP contribution >= 0.6 is 11.6 Å². The Bertz CT molecular complexity index is 2010. The zero-order chi connectivity index (χ0) is 34.9. The first-order valence-corrected chi connectivity index (χ1v) is 16.4. The second-order valence-electron chi connectivity index (χ2n) is 12.7. The summed E-state index contributed by atoms with van der Waals surface area (Å²) >= 11 is 6.30. The second-order valence-corrected chi connectivity index (χ2v) is 13.1. The van der Waals surface area contributed by atoms with E-state index in [0.717, 1.165) is 38.1 Å². The first kappa shape index (κ1) is 34.2. The normalized spacial score (nSPS) is 18.1. The van der Waals surface area contributed by atoms with Gasteiger partial charge in [0.2, 0.25) is 11.7 Å². The van der Waals surface area contributed by atoms with Crippen molar-refractivity contribution in [3.8, 4) is 23.0 Å². The number of piperidine rings is 1.